The first-order chi connectivity index (χ1) is 12.5. The molecule has 0 unspecified atom stereocenters. The molecular weight excluding hydrogens is 340 g/mol. The number of hydrogen-bond acceptors (Lipinski definition) is 3. The number of nitrogens with zero attached hydrogens (tertiary/aromatic N) is 2. The van der Waals surface area contributed by atoms with Crippen LogP contribution in [0.2, 0.25) is 0 Å². The molecule has 138 valence electrons. The number of anilines is 2. The van der Waals surface area contributed by atoms with Gasteiger partial charge in [-0.1, -0.05) is 43.7 Å². The lowest BCUT2D eigenvalue weighted by Crippen LogP contribution is -2.24. The number of para-hydroxylation sites is 1. The van der Waals surface area contributed by atoms with Crippen LogP contribution in [0, 0.1) is 13.8 Å². The number of thiocarbonyl (C=S) groups is 1. The number of aryl methyl sites for hydroxylation is 2. The molecule has 0 saturated carbocycles. The fourth-order valence-corrected chi connectivity index (χ4v) is 2.81. The van der Waals surface area contributed by atoms with Crippen LogP contribution in [0.5, 0.6) is 0 Å². The number of nitrogens with one attached hydrogen (secondary N) is 2. The van der Waals surface area contributed by atoms with E-state index >= 15 is 0 Å². The smallest absolute Gasteiger partial charge is 0.191 e. The Bertz CT molecular complexity index is 733. The quantitative estimate of drug-likeness (QED) is 0.416. The zero-order chi connectivity index (χ0) is 18.9. The highest BCUT2D eigenvalue weighted by atomic mass is 32.1. The fourth-order valence-electron chi connectivity index (χ4n) is 2.66. The Balaban J connectivity index is 1.89. The van der Waals surface area contributed by atoms with E-state index in [9.17, 15) is 0 Å². The summed E-state index contributed by atoms with van der Waals surface area (Å²) >= 11 is 5.32. The standard InChI is InChI=1S/C21H28N4S/c1-5-6-14-25(4)19-12-10-18(11-13-19)15-22-24-21(26)23-20-16(2)8-7-9-17(20)3/h7-13,15H,5-6,14H2,1-4H3,(H2,23,24,26). The van der Waals surface area contributed by atoms with Crippen molar-refractivity contribution in [2.45, 2.75) is 33.6 Å². The Morgan fingerprint density at radius 1 is 1.12 bits per heavy atom. The lowest BCUT2D eigenvalue weighted by molar-refractivity contribution is 0.767. The summed E-state index contributed by atoms with van der Waals surface area (Å²) in [7, 11) is 2.12. The van der Waals surface area contributed by atoms with Gasteiger partial charge in [0.1, 0.15) is 0 Å². The molecule has 0 atom stereocenters. The summed E-state index contributed by atoms with van der Waals surface area (Å²) in [5.41, 5.74) is 8.46. The zero-order valence-electron chi connectivity index (χ0n) is 16.0. The SMILES string of the molecule is CCCCN(C)c1ccc(C=NNC(=S)Nc2c(C)cccc2C)cc1. The van der Waals surface area contributed by atoms with E-state index in [1.807, 2.05) is 6.07 Å². The van der Waals surface area contributed by atoms with Crippen molar-refractivity contribution in [3.8, 4) is 0 Å². The molecule has 0 aromatic heterocycles. The summed E-state index contributed by atoms with van der Waals surface area (Å²) in [5.74, 6) is 0. The first kappa shape index (κ1) is 19.9. The third-order valence-electron chi connectivity index (χ3n) is 4.28. The second-order valence-corrected chi connectivity index (χ2v) is 6.87. The van der Waals surface area contributed by atoms with Crippen LogP contribution in [0.4, 0.5) is 11.4 Å². The van der Waals surface area contributed by atoms with Crippen molar-refractivity contribution in [1.82, 2.24) is 5.43 Å². The predicted molar refractivity (Wildman–Crippen MR) is 117 cm³/mol. The van der Waals surface area contributed by atoms with Gasteiger partial charge in [-0.3, -0.25) is 5.43 Å². The first-order valence-electron chi connectivity index (χ1n) is 8.98. The van der Waals surface area contributed by atoms with Gasteiger partial charge in [-0.25, -0.2) is 0 Å². The first-order valence-corrected chi connectivity index (χ1v) is 9.39. The Hall–Kier alpha value is -2.40. The number of rotatable bonds is 7. The van der Waals surface area contributed by atoms with Gasteiger partial charge in [-0.15, -0.1) is 0 Å². The molecule has 2 aromatic rings. The van der Waals surface area contributed by atoms with Crippen LogP contribution in [0.25, 0.3) is 0 Å². The molecule has 0 aliphatic carbocycles. The van der Waals surface area contributed by atoms with Gasteiger partial charge < -0.3 is 10.2 Å². The molecule has 0 saturated heterocycles. The maximum absolute atomic E-state index is 5.32. The van der Waals surface area contributed by atoms with Crippen LogP contribution in [0.1, 0.15) is 36.5 Å². The van der Waals surface area contributed by atoms with Gasteiger partial charge >= 0.3 is 0 Å². The van der Waals surface area contributed by atoms with Crippen LogP contribution in [0.15, 0.2) is 47.6 Å². The van der Waals surface area contributed by atoms with Gasteiger partial charge in [-0.05, 0) is 61.3 Å². The van der Waals surface area contributed by atoms with E-state index in [1.54, 1.807) is 6.21 Å². The van der Waals surface area contributed by atoms with Crippen molar-refractivity contribution in [1.29, 1.82) is 0 Å². The molecule has 0 heterocycles. The molecule has 26 heavy (non-hydrogen) atoms. The molecule has 0 aliphatic heterocycles. The van der Waals surface area contributed by atoms with Crippen LogP contribution in [-0.4, -0.2) is 24.9 Å². The van der Waals surface area contributed by atoms with Crippen molar-refractivity contribution >= 4 is 34.9 Å². The molecular formula is C21H28N4S. The number of hydrazone groups is 1. The summed E-state index contributed by atoms with van der Waals surface area (Å²) in [6.07, 6.45) is 4.18. The average molecular weight is 369 g/mol. The third kappa shape index (κ3) is 5.85. The molecule has 0 bridgehead atoms. The minimum atomic E-state index is 0.481. The molecule has 0 fully saturated rings. The molecule has 2 N–H and O–H groups in total. The number of unbranched alkanes of at least 4 members (excludes halogenated alkanes) is 1. The Morgan fingerprint density at radius 2 is 1.77 bits per heavy atom. The molecule has 5 heteroatoms. The lowest BCUT2D eigenvalue weighted by Gasteiger charge is -2.18. The van der Waals surface area contributed by atoms with E-state index in [2.05, 4.69) is 85.0 Å². The van der Waals surface area contributed by atoms with E-state index in [4.69, 9.17) is 12.2 Å². The number of hydrogen-bond donors (Lipinski definition) is 2. The van der Waals surface area contributed by atoms with Gasteiger partial charge in [0, 0.05) is 25.0 Å². The van der Waals surface area contributed by atoms with Crippen molar-refractivity contribution in [3.63, 3.8) is 0 Å². The van der Waals surface area contributed by atoms with Crippen LogP contribution >= 0.6 is 12.2 Å². The van der Waals surface area contributed by atoms with Crippen molar-refractivity contribution in [2.75, 3.05) is 23.8 Å². The van der Waals surface area contributed by atoms with E-state index in [-0.39, 0.29) is 0 Å². The van der Waals surface area contributed by atoms with Gasteiger partial charge in [0.2, 0.25) is 0 Å². The maximum Gasteiger partial charge on any atom is 0.191 e. The summed E-state index contributed by atoms with van der Waals surface area (Å²) in [5, 5.41) is 7.92. The molecule has 2 rings (SSSR count). The minimum absolute atomic E-state index is 0.481. The molecule has 0 amide bonds. The van der Waals surface area contributed by atoms with E-state index in [1.165, 1.54) is 18.5 Å². The third-order valence-corrected chi connectivity index (χ3v) is 4.47. The average Bonchev–Trinajstić information content (AvgIpc) is 2.63. The summed E-state index contributed by atoms with van der Waals surface area (Å²) in [6.45, 7) is 7.39. The maximum atomic E-state index is 5.32. The summed E-state index contributed by atoms with van der Waals surface area (Å²) < 4.78 is 0. The van der Waals surface area contributed by atoms with Gasteiger partial charge in [0.15, 0.2) is 5.11 Å². The van der Waals surface area contributed by atoms with E-state index in [0.717, 1.165) is 28.9 Å². The Morgan fingerprint density at radius 3 is 2.38 bits per heavy atom. The molecule has 2 aromatic carbocycles. The summed E-state index contributed by atoms with van der Waals surface area (Å²) in [6, 6.07) is 14.5. The molecule has 0 radical (unpaired) electrons. The van der Waals surface area contributed by atoms with E-state index in [0.29, 0.717) is 5.11 Å². The number of benzene rings is 2. The largest absolute Gasteiger partial charge is 0.375 e. The summed E-state index contributed by atoms with van der Waals surface area (Å²) in [4.78, 5) is 2.27. The topological polar surface area (TPSA) is 39.7 Å². The van der Waals surface area contributed by atoms with Crippen LogP contribution in [0.3, 0.4) is 0 Å². The highest BCUT2D eigenvalue weighted by molar-refractivity contribution is 7.80. The minimum Gasteiger partial charge on any atom is -0.375 e. The molecule has 0 aliphatic rings. The Labute approximate surface area is 162 Å². The van der Waals surface area contributed by atoms with Crippen LogP contribution in [-0.2, 0) is 0 Å². The molecule has 0 spiro atoms. The molecule has 4 nitrogen and oxygen atoms in total. The van der Waals surface area contributed by atoms with Gasteiger partial charge in [0.05, 0.1) is 6.21 Å². The monoisotopic (exact) mass is 368 g/mol. The highest BCUT2D eigenvalue weighted by Crippen LogP contribution is 2.19. The Kier molecular flexibility index (Phi) is 7.60. The predicted octanol–water partition coefficient (Wildman–Crippen LogP) is 4.86. The van der Waals surface area contributed by atoms with Crippen molar-refractivity contribution in [2.24, 2.45) is 5.10 Å². The highest BCUT2D eigenvalue weighted by Gasteiger charge is 2.03. The fraction of sp³-hybridized carbons (Fsp3) is 0.333. The van der Waals surface area contributed by atoms with Gasteiger partial charge in [0.25, 0.3) is 0 Å². The normalized spacial score (nSPS) is 10.8. The zero-order valence-corrected chi connectivity index (χ0v) is 16.9. The van der Waals surface area contributed by atoms with Crippen molar-refractivity contribution < 1.29 is 0 Å². The van der Waals surface area contributed by atoms with Gasteiger partial charge in [-0.2, -0.15) is 5.10 Å². The second kappa shape index (κ2) is 9.92. The van der Waals surface area contributed by atoms with Crippen molar-refractivity contribution in [3.05, 3.63) is 59.2 Å². The van der Waals surface area contributed by atoms with E-state index < -0.39 is 0 Å². The van der Waals surface area contributed by atoms with Crippen LogP contribution < -0.4 is 15.6 Å². The lowest BCUT2D eigenvalue weighted by atomic mass is 10.1. The second-order valence-electron chi connectivity index (χ2n) is 6.46.